The second-order valence-electron chi connectivity index (χ2n) is 4.81. The van der Waals surface area contributed by atoms with Crippen LogP contribution < -0.4 is 5.32 Å². The Morgan fingerprint density at radius 1 is 1.22 bits per heavy atom. The first-order valence-electron chi connectivity index (χ1n) is 6.33. The van der Waals surface area contributed by atoms with Crippen molar-refractivity contribution in [1.29, 1.82) is 0 Å². The van der Waals surface area contributed by atoms with Crippen molar-refractivity contribution in [2.75, 3.05) is 32.6 Å². The van der Waals surface area contributed by atoms with E-state index in [0.717, 1.165) is 37.3 Å². The monoisotopic (exact) mass is 248 g/mol. The minimum Gasteiger partial charge on any atom is -0.382 e. The molecular formula is C14H20N2O2. The van der Waals surface area contributed by atoms with Crippen LogP contribution in [0, 0.1) is 0 Å². The van der Waals surface area contributed by atoms with E-state index in [0.29, 0.717) is 6.04 Å². The number of anilines is 1. The molecule has 0 aromatic heterocycles. The summed E-state index contributed by atoms with van der Waals surface area (Å²) in [5.41, 5.74) is 1.79. The summed E-state index contributed by atoms with van der Waals surface area (Å²) < 4.78 is 5.32. The number of carbonyl (C=O) groups is 1. The fraction of sp³-hybridized carbons (Fsp3) is 0.500. The van der Waals surface area contributed by atoms with Crippen LogP contribution in [0.15, 0.2) is 24.3 Å². The molecule has 0 bridgehead atoms. The second kappa shape index (κ2) is 5.87. The van der Waals surface area contributed by atoms with Crippen LogP contribution in [0.1, 0.15) is 23.2 Å². The molecule has 18 heavy (non-hydrogen) atoms. The van der Waals surface area contributed by atoms with Crippen molar-refractivity contribution in [3.63, 3.8) is 0 Å². The molecule has 1 aromatic rings. The van der Waals surface area contributed by atoms with E-state index in [1.165, 1.54) is 0 Å². The van der Waals surface area contributed by atoms with E-state index in [1.807, 2.05) is 24.3 Å². The van der Waals surface area contributed by atoms with E-state index in [1.54, 1.807) is 19.0 Å². The van der Waals surface area contributed by atoms with Crippen LogP contribution in [0.3, 0.4) is 0 Å². The molecule has 1 amide bonds. The Morgan fingerprint density at radius 2 is 1.83 bits per heavy atom. The van der Waals surface area contributed by atoms with Crippen LogP contribution >= 0.6 is 0 Å². The Bertz CT molecular complexity index is 395. The molecule has 4 heteroatoms. The first kappa shape index (κ1) is 12.9. The van der Waals surface area contributed by atoms with E-state index < -0.39 is 0 Å². The highest BCUT2D eigenvalue weighted by molar-refractivity contribution is 5.94. The highest BCUT2D eigenvalue weighted by Crippen LogP contribution is 2.16. The molecule has 1 saturated heterocycles. The standard InChI is InChI=1S/C14H20N2O2/c1-16(2)14(17)11-3-5-12(6-4-11)15-13-7-9-18-10-8-13/h3-6,13,15H,7-10H2,1-2H3. The Morgan fingerprint density at radius 3 is 2.39 bits per heavy atom. The lowest BCUT2D eigenvalue weighted by molar-refractivity contribution is 0.0827. The van der Waals surface area contributed by atoms with Crippen LogP contribution in [0.25, 0.3) is 0 Å². The largest absolute Gasteiger partial charge is 0.382 e. The SMILES string of the molecule is CN(C)C(=O)c1ccc(NC2CCOCC2)cc1. The van der Waals surface area contributed by atoms with Crippen molar-refractivity contribution < 1.29 is 9.53 Å². The number of nitrogens with zero attached hydrogens (tertiary/aromatic N) is 1. The molecule has 0 aliphatic carbocycles. The van der Waals surface area contributed by atoms with Crippen molar-refractivity contribution in [1.82, 2.24) is 4.90 Å². The molecule has 4 nitrogen and oxygen atoms in total. The minimum absolute atomic E-state index is 0.0348. The second-order valence-corrected chi connectivity index (χ2v) is 4.81. The zero-order chi connectivity index (χ0) is 13.0. The summed E-state index contributed by atoms with van der Waals surface area (Å²) in [6.45, 7) is 1.66. The van der Waals surface area contributed by atoms with Crippen LogP contribution in [-0.4, -0.2) is 44.2 Å². The zero-order valence-corrected chi connectivity index (χ0v) is 11.0. The van der Waals surface area contributed by atoms with Gasteiger partial charge in [0, 0.05) is 44.6 Å². The normalized spacial score (nSPS) is 16.3. The molecule has 0 unspecified atom stereocenters. The Hall–Kier alpha value is -1.55. The van der Waals surface area contributed by atoms with Crippen LogP contribution in [-0.2, 0) is 4.74 Å². The average molecular weight is 248 g/mol. The van der Waals surface area contributed by atoms with Gasteiger partial charge < -0.3 is 15.0 Å². The summed E-state index contributed by atoms with van der Waals surface area (Å²) in [4.78, 5) is 13.3. The van der Waals surface area contributed by atoms with Gasteiger partial charge in [0.1, 0.15) is 0 Å². The molecule has 2 rings (SSSR count). The molecule has 0 radical (unpaired) electrons. The van der Waals surface area contributed by atoms with Crippen LogP contribution in [0.4, 0.5) is 5.69 Å². The Kier molecular flexibility index (Phi) is 4.20. The Labute approximate surface area is 108 Å². The van der Waals surface area contributed by atoms with Crippen molar-refractivity contribution in [2.45, 2.75) is 18.9 Å². The van der Waals surface area contributed by atoms with Crippen LogP contribution in [0.5, 0.6) is 0 Å². The van der Waals surface area contributed by atoms with Gasteiger partial charge in [-0.05, 0) is 37.1 Å². The number of benzene rings is 1. The van der Waals surface area contributed by atoms with E-state index in [-0.39, 0.29) is 5.91 Å². The number of amides is 1. The molecule has 1 aliphatic rings. The van der Waals surface area contributed by atoms with E-state index in [9.17, 15) is 4.79 Å². The summed E-state index contributed by atoms with van der Waals surface area (Å²) in [7, 11) is 3.52. The Balaban J connectivity index is 1.96. The third-order valence-electron chi connectivity index (χ3n) is 3.13. The first-order valence-corrected chi connectivity index (χ1v) is 6.33. The van der Waals surface area contributed by atoms with Crippen LogP contribution in [0.2, 0.25) is 0 Å². The topological polar surface area (TPSA) is 41.6 Å². The number of ether oxygens (including phenoxy) is 1. The zero-order valence-electron chi connectivity index (χ0n) is 11.0. The quantitative estimate of drug-likeness (QED) is 0.889. The predicted molar refractivity (Wildman–Crippen MR) is 71.9 cm³/mol. The summed E-state index contributed by atoms with van der Waals surface area (Å²) in [6.07, 6.45) is 2.08. The maximum Gasteiger partial charge on any atom is 0.253 e. The van der Waals surface area contributed by atoms with Gasteiger partial charge in [-0.25, -0.2) is 0 Å². The summed E-state index contributed by atoms with van der Waals surface area (Å²) in [5, 5.41) is 3.47. The lowest BCUT2D eigenvalue weighted by atomic mass is 10.1. The maximum absolute atomic E-state index is 11.7. The number of carbonyl (C=O) groups excluding carboxylic acids is 1. The summed E-state index contributed by atoms with van der Waals surface area (Å²) in [6, 6.07) is 8.14. The lowest BCUT2D eigenvalue weighted by Crippen LogP contribution is -2.27. The van der Waals surface area contributed by atoms with E-state index >= 15 is 0 Å². The highest BCUT2D eigenvalue weighted by atomic mass is 16.5. The van der Waals surface area contributed by atoms with Gasteiger partial charge in [0.25, 0.3) is 5.91 Å². The number of rotatable bonds is 3. The summed E-state index contributed by atoms with van der Waals surface area (Å²) >= 11 is 0. The molecule has 1 heterocycles. The fourth-order valence-corrected chi connectivity index (χ4v) is 2.04. The van der Waals surface area contributed by atoms with Crippen molar-refractivity contribution in [2.24, 2.45) is 0 Å². The molecule has 1 aromatic carbocycles. The van der Waals surface area contributed by atoms with Gasteiger partial charge in [0.05, 0.1) is 0 Å². The van der Waals surface area contributed by atoms with Crippen molar-refractivity contribution in [3.05, 3.63) is 29.8 Å². The molecule has 0 spiro atoms. The van der Waals surface area contributed by atoms with Crippen molar-refractivity contribution >= 4 is 11.6 Å². The van der Waals surface area contributed by atoms with Gasteiger partial charge in [-0.2, -0.15) is 0 Å². The molecule has 1 aliphatic heterocycles. The first-order chi connectivity index (χ1) is 8.66. The predicted octanol–water partition coefficient (Wildman–Crippen LogP) is 1.98. The molecule has 0 atom stereocenters. The van der Waals surface area contributed by atoms with Gasteiger partial charge in [-0.15, -0.1) is 0 Å². The van der Waals surface area contributed by atoms with Crippen molar-refractivity contribution in [3.8, 4) is 0 Å². The lowest BCUT2D eigenvalue weighted by Gasteiger charge is -2.24. The molecule has 1 N–H and O–H groups in total. The molecular weight excluding hydrogens is 228 g/mol. The smallest absolute Gasteiger partial charge is 0.253 e. The van der Waals surface area contributed by atoms with E-state index in [2.05, 4.69) is 5.32 Å². The van der Waals surface area contributed by atoms with Gasteiger partial charge in [-0.1, -0.05) is 0 Å². The van der Waals surface area contributed by atoms with Gasteiger partial charge >= 0.3 is 0 Å². The molecule has 1 fully saturated rings. The molecule has 98 valence electrons. The summed E-state index contributed by atoms with van der Waals surface area (Å²) in [5.74, 6) is 0.0348. The highest BCUT2D eigenvalue weighted by Gasteiger charge is 2.13. The van der Waals surface area contributed by atoms with E-state index in [4.69, 9.17) is 4.74 Å². The maximum atomic E-state index is 11.7. The number of hydrogen-bond donors (Lipinski definition) is 1. The molecule has 0 saturated carbocycles. The third-order valence-corrected chi connectivity index (χ3v) is 3.13. The van der Waals surface area contributed by atoms with Gasteiger partial charge in [0.15, 0.2) is 0 Å². The van der Waals surface area contributed by atoms with Gasteiger partial charge in [0.2, 0.25) is 0 Å². The third kappa shape index (κ3) is 3.23. The minimum atomic E-state index is 0.0348. The number of hydrogen-bond acceptors (Lipinski definition) is 3. The van der Waals surface area contributed by atoms with Gasteiger partial charge in [-0.3, -0.25) is 4.79 Å². The fourth-order valence-electron chi connectivity index (χ4n) is 2.04. The number of nitrogens with one attached hydrogen (secondary N) is 1. The average Bonchev–Trinajstić information content (AvgIpc) is 2.40.